The Bertz CT molecular complexity index is 1030. The van der Waals surface area contributed by atoms with Crippen LogP contribution in [0, 0.1) is 0 Å². The van der Waals surface area contributed by atoms with Crippen LogP contribution in [-0.4, -0.2) is 38.4 Å². The molecular formula is C16H11N4O5+. The Hall–Kier alpha value is -3.72. The van der Waals surface area contributed by atoms with Crippen molar-refractivity contribution in [1.29, 1.82) is 0 Å². The molecule has 2 aromatic carbocycles. The number of imidazole rings is 1. The van der Waals surface area contributed by atoms with E-state index in [9.17, 15) is 24.6 Å². The molecule has 9 heteroatoms. The molecule has 1 aliphatic heterocycles. The van der Waals surface area contributed by atoms with E-state index >= 15 is 0 Å². The summed E-state index contributed by atoms with van der Waals surface area (Å²) in [5, 5.41) is 19.3. The van der Waals surface area contributed by atoms with Gasteiger partial charge in [-0.1, -0.05) is 24.3 Å². The van der Waals surface area contributed by atoms with Gasteiger partial charge in [0.2, 0.25) is 0 Å². The fourth-order valence-corrected chi connectivity index (χ4v) is 3.06. The van der Waals surface area contributed by atoms with Crippen molar-refractivity contribution in [2.24, 2.45) is 0 Å². The maximum Gasteiger partial charge on any atom is 0.536 e. The van der Waals surface area contributed by atoms with Gasteiger partial charge in [-0.25, -0.2) is 9.59 Å². The highest BCUT2D eigenvalue weighted by Gasteiger charge is 2.64. The summed E-state index contributed by atoms with van der Waals surface area (Å²) in [5.74, 6) is -0.185. The van der Waals surface area contributed by atoms with E-state index in [4.69, 9.17) is 0 Å². The first-order valence-corrected chi connectivity index (χ1v) is 7.23. The highest BCUT2D eigenvalue weighted by Crippen LogP contribution is 2.47. The number of carbonyl (C=O) groups is 3. The summed E-state index contributed by atoms with van der Waals surface area (Å²) in [4.78, 5) is 44.2. The lowest BCUT2D eigenvalue weighted by atomic mass is 10.2. The van der Waals surface area contributed by atoms with Gasteiger partial charge >= 0.3 is 24.2 Å². The van der Waals surface area contributed by atoms with Crippen LogP contribution in [-0.2, 0) is 0 Å². The number of aromatic amines is 1. The summed E-state index contributed by atoms with van der Waals surface area (Å²) in [6, 6.07) is 11.5. The van der Waals surface area contributed by atoms with E-state index in [-0.39, 0.29) is 17.3 Å². The van der Waals surface area contributed by atoms with Crippen LogP contribution >= 0.6 is 0 Å². The van der Waals surface area contributed by atoms with E-state index < -0.39 is 22.7 Å². The predicted molar refractivity (Wildman–Crippen MR) is 87.9 cm³/mol. The molecule has 25 heavy (non-hydrogen) atoms. The van der Waals surface area contributed by atoms with Crippen LogP contribution in [0.1, 0.15) is 0 Å². The number of hydrogen-bond acceptors (Lipinski definition) is 4. The molecule has 0 spiro atoms. The Labute approximate surface area is 139 Å². The number of hydrogen-bond donors (Lipinski definition) is 3. The number of fused-ring (bicyclic) bond motifs is 2. The molecule has 1 unspecified atom stereocenters. The average molecular weight is 339 g/mol. The molecule has 3 N–H and O–H groups in total. The minimum absolute atomic E-state index is 0.00135. The fourth-order valence-electron chi connectivity index (χ4n) is 3.06. The summed E-state index contributed by atoms with van der Waals surface area (Å²) in [6.45, 7) is 0. The summed E-state index contributed by atoms with van der Waals surface area (Å²) in [6.07, 6.45) is -3.12. The third-order valence-electron chi connectivity index (χ3n) is 4.14. The lowest BCUT2D eigenvalue weighted by Gasteiger charge is -2.20. The van der Waals surface area contributed by atoms with E-state index in [0.717, 1.165) is 0 Å². The summed E-state index contributed by atoms with van der Waals surface area (Å²) < 4.78 is -1.38. The zero-order valence-corrected chi connectivity index (χ0v) is 12.6. The lowest BCUT2D eigenvalue weighted by molar-refractivity contribution is 0.166. The smallest absolute Gasteiger partial charge is 0.464 e. The van der Waals surface area contributed by atoms with Crippen LogP contribution in [0.3, 0.4) is 0 Å². The van der Waals surface area contributed by atoms with Gasteiger partial charge < -0.3 is 10.2 Å². The van der Waals surface area contributed by atoms with Crippen molar-refractivity contribution in [3.8, 4) is 0 Å². The molecule has 4 amide bonds. The molecule has 0 radical (unpaired) electrons. The van der Waals surface area contributed by atoms with E-state index in [1.807, 2.05) is 0 Å². The van der Waals surface area contributed by atoms with Crippen LogP contribution in [0.4, 0.5) is 31.7 Å². The summed E-state index contributed by atoms with van der Waals surface area (Å²) >= 11 is 0. The Morgan fingerprint density at radius 2 is 1.72 bits per heavy atom. The number of imide groups is 2. The van der Waals surface area contributed by atoms with E-state index in [1.54, 1.807) is 24.3 Å². The predicted octanol–water partition coefficient (Wildman–Crippen LogP) is 3.50. The maximum atomic E-state index is 12.9. The number of para-hydroxylation sites is 4. The molecule has 9 nitrogen and oxygen atoms in total. The molecule has 0 saturated carbocycles. The highest BCUT2D eigenvalue weighted by molar-refractivity contribution is 6.29. The van der Waals surface area contributed by atoms with Crippen molar-refractivity contribution >= 4 is 46.6 Å². The molecule has 1 atom stereocenters. The maximum absolute atomic E-state index is 12.9. The fraction of sp³-hybridized carbons (Fsp3) is 0. The summed E-state index contributed by atoms with van der Waals surface area (Å²) in [5.41, 5.74) is 0.995. The van der Waals surface area contributed by atoms with Crippen LogP contribution in [0.5, 0.6) is 0 Å². The Kier molecular flexibility index (Phi) is 2.90. The second kappa shape index (κ2) is 4.89. The second-order valence-corrected chi connectivity index (χ2v) is 5.42. The Morgan fingerprint density at radius 1 is 1.04 bits per heavy atom. The number of rotatable bonds is 1. The van der Waals surface area contributed by atoms with Gasteiger partial charge in [-0.15, -0.1) is 0 Å². The number of nitrogens with zero attached hydrogens (tertiary/aromatic N) is 3. The minimum Gasteiger partial charge on any atom is -0.464 e. The average Bonchev–Trinajstić information content (AvgIpc) is 3.10. The number of H-pyrrole nitrogens is 1. The largest absolute Gasteiger partial charge is 0.536 e. The van der Waals surface area contributed by atoms with E-state index in [0.29, 0.717) is 15.9 Å². The van der Waals surface area contributed by atoms with Crippen LogP contribution in [0.2, 0.25) is 0 Å². The van der Waals surface area contributed by atoms with E-state index in [2.05, 4.69) is 9.97 Å². The molecule has 2 heterocycles. The van der Waals surface area contributed by atoms with Gasteiger partial charge in [0, 0.05) is 6.07 Å². The van der Waals surface area contributed by atoms with Crippen LogP contribution < -0.4 is 9.38 Å². The second-order valence-electron chi connectivity index (χ2n) is 5.42. The van der Waals surface area contributed by atoms with Gasteiger partial charge in [0.15, 0.2) is 5.69 Å². The van der Waals surface area contributed by atoms with Gasteiger partial charge in [-0.05, 0) is 22.7 Å². The van der Waals surface area contributed by atoms with Gasteiger partial charge in [0.25, 0.3) is 0 Å². The van der Waals surface area contributed by atoms with Gasteiger partial charge in [0.05, 0.1) is 11.0 Å². The number of anilines is 1. The molecule has 0 bridgehead atoms. The number of carbonyl (C=O) groups excluding carboxylic acids is 1. The van der Waals surface area contributed by atoms with E-state index in [1.165, 1.54) is 24.3 Å². The SMILES string of the molecule is O=C(O)N1C(=O)[N+](C(=O)O)(c2nc3ccccc3[nH]2)c2ccccc21. The standard InChI is InChI=1S/C16H10N4O5/c21-14-19(15(22)23)11-7-3-4-8-12(11)20(14,16(24)25)13-17-9-5-1-2-6-10(9)18-13/h1-8H,(H2-,17,18,22,23,24,25)/p+1. The first-order valence-electron chi connectivity index (χ1n) is 7.23. The Balaban J connectivity index is 2.08. The van der Waals surface area contributed by atoms with Crippen molar-refractivity contribution < 1.29 is 24.6 Å². The Morgan fingerprint density at radius 3 is 2.40 bits per heavy atom. The number of quaternary nitrogens is 1. The number of benzene rings is 2. The van der Waals surface area contributed by atoms with Crippen molar-refractivity contribution in [2.75, 3.05) is 4.90 Å². The number of amides is 4. The van der Waals surface area contributed by atoms with Gasteiger partial charge in [-0.3, -0.25) is 4.98 Å². The van der Waals surface area contributed by atoms with Gasteiger partial charge in [0.1, 0.15) is 5.69 Å². The number of aromatic nitrogens is 2. The molecular weight excluding hydrogens is 328 g/mol. The third-order valence-corrected chi connectivity index (χ3v) is 4.14. The highest BCUT2D eigenvalue weighted by atomic mass is 16.4. The molecule has 4 rings (SSSR count). The molecule has 3 aromatic rings. The first-order chi connectivity index (χ1) is 12.0. The number of carboxylic acid groups (broad SMARTS) is 2. The number of nitrogens with one attached hydrogen (secondary N) is 1. The van der Waals surface area contributed by atoms with Crippen molar-refractivity contribution in [1.82, 2.24) is 14.5 Å². The molecule has 1 aliphatic rings. The summed E-state index contributed by atoms with van der Waals surface area (Å²) in [7, 11) is 0. The third kappa shape index (κ3) is 1.75. The monoisotopic (exact) mass is 339 g/mol. The number of urea groups is 1. The van der Waals surface area contributed by atoms with Crippen LogP contribution in [0.15, 0.2) is 48.5 Å². The zero-order chi connectivity index (χ0) is 17.8. The normalized spacial score (nSPS) is 19.2. The van der Waals surface area contributed by atoms with Crippen LogP contribution in [0.25, 0.3) is 11.0 Å². The van der Waals surface area contributed by atoms with Crippen molar-refractivity contribution in [3.63, 3.8) is 0 Å². The molecule has 0 saturated heterocycles. The van der Waals surface area contributed by atoms with Crippen molar-refractivity contribution in [3.05, 3.63) is 48.5 Å². The molecule has 0 aliphatic carbocycles. The topological polar surface area (TPSA) is 124 Å². The van der Waals surface area contributed by atoms with Gasteiger partial charge in [-0.2, -0.15) is 14.7 Å². The molecule has 1 aromatic heterocycles. The quantitative estimate of drug-likeness (QED) is 0.583. The minimum atomic E-state index is -1.56. The molecule has 0 fully saturated rings. The van der Waals surface area contributed by atoms with Crippen molar-refractivity contribution in [2.45, 2.75) is 0 Å². The lowest BCUT2D eigenvalue weighted by Crippen LogP contribution is -2.56. The zero-order valence-electron chi connectivity index (χ0n) is 12.6. The molecule has 124 valence electrons. The first kappa shape index (κ1) is 14.8.